The van der Waals surface area contributed by atoms with Crippen LogP contribution in [0, 0.1) is 21.8 Å². The number of nitrogens with one attached hydrogen (secondary N) is 1. The number of nitrogens with zero attached hydrogens (tertiary/aromatic N) is 1. The van der Waals surface area contributed by atoms with Crippen molar-refractivity contribution < 1.29 is 9.31 Å². The molecule has 0 saturated heterocycles. The zero-order chi connectivity index (χ0) is 12.8. The van der Waals surface area contributed by atoms with Gasteiger partial charge in [-0.15, -0.1) is 0 Å². The lowest BCUT2D eigenvalue weighted by Gasteiger charge is -2.08. The third kappa shape index (κ3) is 4.01. The minimum absolute atomic E-state index is 0.249. The van der Waals surface area contributed by atoms with Crippen LogP contribution >= 0.6 is 0 Å². The summed E-state index contributed by atoms with van der Waals surface area (Å²) in [6.07, 6.45) is 1.95. The molecule has 0 spiro atoms. The third-order valence-corrected chi connectivity index (χ3v) is 2.44. The molecule has 0 amide bonds. The van der Waals surface area contributed by atoms with Crippen molar-refractivity contribution in [1.29, 1.82) is 0 Å². The molecule has 0 fully saturated rings. The molecular formula is C12H17FN2O2. The van der Waals surface area contributed by atoms with E-state index >= 15 is 0 Å². The van der Waals surface area contributed by atoms with Crippen molar-refractivity contribution >= 4 is 11.4 Å². The standard InChI is InChI=1S/C12H17FN2O2/c1-9(2)5-4-8-14-11-7-3-6-10(13)12(11)15(16)17/h3,6-7,9,14H,4-5,8H2,1-2H3. The number of nitro benzene ring substituents is 1. The van der Waals surface area contributed by atoms with Gasteiger partial charge in [-0.2, -0.15) is 4.39 Å². The SMILES string of the molecule is CC(C)CCCNc1cccc(F)c1[N+](=O)[O-]. The van der Waals surface area contributed by atoms with Crippen molar-refractivity contribution in [3.05, 3.63) is 34.1 Å². The summed E-state index contributed by atoms with van der Waals surface area (Å²) >= 11 is 0. The number of hydrogen-bond acceptors (Lipinski definition) is 3. The van der Waals surface area contributed by atoms with Crippen molar-refractivity contribution in [2.75, 3.05) is 11.9 Å². The van der Waals surface area contributed by atoms with Gasteiger partial charge in [0.05, 0.1) is 4.92 Å². The van der Waals surface area contributed by atoms with Crippen LogP contribution in [0.5, 0.6) is 0 Å². The van der Waals surface area contributed by atoms with E-state index in [1.54, 1.807) is 0 Å². The summed E-state index contributed by atoms with van der Waals surface area (Å²) in [4.78, 5) is 10.0. The highest BCUT2D eigenvalue weighted by molar-refractivity contribution is 5.61. The van der Waals surface area contributed by atoms with E-state index in [0.717, 1.165) is 18.9 Å². The van der Waals surface area contributed by atoms with E-state index in [9.17, 15) is 14.5 Å². The zero-order valence-electron chi connectivity index (χ0n) is 10.1. The van der Waals surface area contributed by atoms with Gasteiger partial charge in [0.15, 0.2) is 0 Å². The van der Waals surface area contributed by atoms with Crippen LogP contribution in [0.1, 0.15) is 26.7 Å². The van der Waals surface area contributed by atoms with Gasteiger partial charge in [-0.05, 0) is 30.9 Å². The second-order valence-corrected chi connectivity index (χ2v) is 4.36. The van der Waals surface area contributed by atoms with E-state index < -0.39 is 16.4 Å². The molecule has 1 rings (SSSR count). The largest absolute Gasteiger partial charge is 0.379 e. The molecule has 0 unspecified atom stereocenters. The van der Waals surface area contributed by atoms with Crippen LogP contribution in [-0.2, 0) is 0 Å². The molecule has 94 valence electrons. The number of anilines is 1. The molecule has 17 heavy (non-hydrogen) atoms. The Kier molecular flexibility index (Phi) is 4.87. The Labute approximate surface area is 100.0 Å². The Morgan fingerprint density at radius 1 is 1.47 bits per heavy atom. The molecule has 5 heteroatoms. The molecular weight excluding hydrogens is 223 g/mol. The third-order valence-electron chi connectivity index (χ3n) is 2.44. The lowest BCUT2D eigenvalue weighted by atomic mass is 10.1. The Hall–Kier alpha value is -1.65. The van der Waals surface area contributed by atoms with E-state index in [-0.39, 0.29) is 5.69 Å². The molecule has 0 aliphatic carbocycles. The summed E-state index contributed by atoms with van der Waals surface area (Å²) in [5.74, 6) is -0.205. The van der Waals surface area contributed by atoms with E-state index in [1.807, 2.05) is 0 Å². The van der Waals surface area contributed by atoms with E-state index in [4.69, 9.17) is 0 Å². The monoisotopic (exact) mass is 240 g/mol. The number of benzene rings is 1. The summed E-state index contributed by atoms with van der Waals surface area (Å²) in [6.45, 7) is 4.84. The lowest BCUT2D eigenvalue weighted by Crippen LogP contribution is -2.06. The van der Waals surface area contributed by atoms with Gasteiger partial charge in [0.25, 0.3) is 0 Å². The fraction of sp³-hybridized carbons (Fsp3) is 0.500. The van der Waals surface area contributed by atoms with Crippen LogP contribution in [0.15, 0.2) is 18.2 Å². The first-order valence-corrected chi connectivity index (χ1v) is 5.69. The molecule has 0 saturated carbocycles. The molecule has 4 nitrogen and oxygen atoms in total. The number of rotatable bonds is 6. The summed E-state index contributed by atoms with van der Waals surface area (Å²) in [5, 5.41) is 13.6. The van der Waals surface area contributed by atoms with Crippen LogP contribution in [0.2, 0.25) is 0 Å². The van der Waals surface area contributed by atoms with Gasteiger partial charge in [-0.25, -0.2) is 0 Å². The second kappa shape index (κ2) is 6.18. The van der Waals surface area contributed by atoms with Crippen LogP contribution in [-0.4, -0.2) is 11.5 Å². The summed E-state index contributed by atoms with van der Waals surface area (Å²) in [7, 11) is 0. The predicted octanol–water partition coefficient (Wildman–Crippen LogP) is 3.58. The molecule has 0 aromatic heterocycles. The average molecular weight is 240 g/mol. The molecule has 0 bridgehead atoms. The molecule has 0 aliphatic heterocycles. The Bertz CT molecular complexity index is 394. The second-order valence-electron chi connectivity index (χ2n) is 4.36. The maximum absolute atomic E-state index is 13.3. The number of halogens is 1. The number of hydrogen-bond donors (Lipinski definition) is 1. The van der Waals surface area contributed by atoms with Crippen LogP contribution in [0.3, 0.4) is 0 Å². The summed E-state index contributed by atoms with van der Waals surface area (Å²) < 4.78 is 13.3. The average Bonchev–Trinajstić information content (AvgIpc) is 2.23. The van der Waals surface area contributed by atoms with Crippen LogP contribution in [0.25, 0.3) is 0 Å². The minimum atomic E-state index is -0.802. The molecule has 1 aromatic carbocycles. The van der Waals surface area contributed by atoms with Crippen molar-refractivity contribution in [2.24, 2.45) is 5.92 Å². The first-order valence-electron chi connectivity index (χ1n) is 5.69. The fourth-order valence-corrected chi connectivity index (χ4v) is 1.58. The normalized spacial score (nSPS) is 10.6. The maximum atomic E-state index is 13.3. The van der Waals surface area contributed by atoms with Gasteiger partial charge < -0.3 is 5.32 Å². The van der Waals surface area contributed by atoms with Crippen molar-refractivity contribution in [3.8, 4) is 0 Å². The summed E-state index contributed by atoms with van der Waals surface area (Å²) in [6, 6.07) is 4.08. The first kappa shape index (κ1) is 13.4. The number of nitro groups is 1. The Morgan fingerprint density at radius 2 is 2.18 bits per heavy atom. The highest BCUT2D eigenvalue weighted by atomic mass is 19.1. The first-order chi connectivity index (χ1) is 8.02. The minimum Gasteiger partial charge on any atom is -0.379 e. The Balaban J connectivity index is 2.64. The van der Waals surface area contributed by atoms with Gasteiger partial charge in [0.2, 0.25) is 5.82 Å². The van der Waals surface area contributed by atoms with Gasteiger partial charge in [0, 0.05) is 6.54 Å². The van der Waals surface area contributed by atoms with E-state index in [1.165, 1.54) is 12.1 Å². The van der Waals surface area contributed by atoms with Crippen molar-refractivity contribution in [3.63, 3.8) is 0 Å². The van der Waals surface area contributed by atoms with E-state index in [2.05, 4.69) is 19.2 Å². The molecule has 0 heterocycles. The van der Waals surface area contributed by atoms with E-state index in [0.29, 0.717) is 12.5 Å². The molecule has 1 aromatic rings. The van der Waals surface area contributed by atoms with Crippen molar-refractivity contribution in [2.45, 2.75) is 26.7 Å². The van der Waals surface area contributed by atoms with Gasteiger partial charge in [-0.3, -0.25) is 10.1 Å². The van der Waals surface area contributed by atoms with Gasteiger partial charge in [-0.1, -0.05) is 19.9 Å². The zero-order valence-corrected chi connectivity index (χ0v) is 10.1. The van der Waals surface area contributed by atoms with Gasteiger partial charge >= 0.3 is 5.69 Å². The topological polar surface area (TPSA) is 55.2 Å². The quantitative estimate of drug-likeness (QED) is 0.469. The molecule has 0 aliphatic rings. The van der Waals surface area contributed by atoms with Crippen molar-refractivity contribution in [1.82, 2.24) is 0 Å². The predicted molar refractivity (Wildman–Crippen MR) is 65.6 cm³/mol. The summed E-state index contributed by atoms with van der Waals surface area (Å²) in [5.41, 5.74) is -0.226. The smallest absolute Gasteiger partial charge is 0.327 e. The molecule has 0 atom stereocenters. The van der Waals surface area contributed by atoms with Crippen LogP contribution < -0.4 is 5.32 Å². The fourth-order valence-electron chi connectivity index (χ4n) is 1.58. The lowest BCUT2D eigenvalue weighted by molar-refractivity contribution is -0.386. The molecule has 1 N–H and O–H groups in total. The number of para-hydroxylation sites is 1. The van der Waals surface area contributed by atoms with Gasteiger partial charge in [0.1, 0.15) is 5.69 Å². The van der Waals surface area contributed by atoms with Crippen LogP contribution in [0.4, 0.5) is 15.8 Å². The Morgan fingerprint density at radius 3 is 2.76 bits per heavy atom. The highest BCUT2D eigenvalue weighted by Crippen LogP contribution is 2.27. The highest BCUT2D eigenvalue weighted by Gasteiger charge is 2.19. The molecule has 0 radical (unpaired) electrons. The maximum Gasteiger partial charge on any atom is 0.327 e.